The molecule has 1 aliphatic carbocycles. The number of benzene rings is 3. The lowest BCUT2D eigenvalue weighted by Crippen LogP contribution is -1.85. The maximum atomic E-state index is 5.66. The molecule has 0 fully saturated rings. The molecule has 0 saturated heterocycles. The summed E-state index contributed by atoms with van der Waals surface area (Å²) in [6, 6.07) is 17.5. The van der Waals surface area contributed by atoms with E-state index in [-0.39, 0.29) is 0 Å². The molecule has 1 nitrogen and oxygen atoms in total. The van der Waals surface area contributed by atoms with Gasteiger partial charge in [-0.15, -0.1) is 0 Å². The highest BCUT2D eigenvalue weighted by molar-refractivity contribution is 6.13. The Hall–Kier alpha value is -2.54. The van der Waals surface area contributed by atoms with Crippen LogP contribution in [-0.4, -0.2) is 6.61 Å². The van der Waals surface area contributed by atoms with E-state index < -0.39 is 0 Å². The Kier molecular flexibility index (Phi) is 1.80. The lowest BCUT2D eigenvalue weighted by atomic mass is 9.95. The zero-order valence-corrected chi connectivity index (χ0v) is 10.9. The molecule has 0 radical (unpaired) electrons. The van der Waals surface area contributed by atoms with Crippen LogP contribution in [0.4, 0.5) is 0 Å². The molecule has 1 heteroatoms. The van der Waals surface area contributed by atoms with Crippen LogP contribution in [0.15, 0.2) is 60.4 Å². The fraction of sp³-hybridized carbons (Fsp3) is 0.0526. The van der Waals surface area contributed by atoms with Crippen molar-refractivity contribution in [2.45, 2.75) is 0 Å². The molecular weight excluding hydrogens is 244 g/mol. The molecule has 0 unspecified atom stereocenters. The molecule has 3 aromatic carbocycles. The molecule has 5 rings (SSSR count). The molecule has 0 bridgehead atoms. The average Bonchev–Trinajstić information content (AvgIpc) is 3.07. The zero-order valence-electron chi connectivity index (χ0n) is 10.9. The predicted molar refractivity (Wildman–Crippen MR) is 83.4 cm³/mol. The second kappa shape index (κ2) is 3.51. The first kappa shape index (κ1) is 10.3. The van der Waals surface area contributed by atoms with Crippen molar-refractivity contribution in [3.8, 4) is 0 Å². The SMILES string of the molecule is C1=C2OCC=C2c2ccc3c(ccc4ccccc43)c21. The third-order valence-corrected chi connectivity index (χ3v) is 4.33. The quantitative estimate of drug-likeness (QED) is 0.527. The van der Waals surface area contributed by atoms with Gasteiger partial charge in [-0.2, -0.15) is 0 Å². The van der Waals surface area contributed by atoms with Crippen molar-refractivity contribution in [3.05, 3.63) is 71.5 Å². The largest absolute Gasteiger partial charge is 0.489 e. The van der Waals surface area contributed by atoms with Crippen molar-refractivity contribution >= 4 is 33.2 Å². The number of allylic oxidation sites excluding steroid dienone is 1. The van der Waals surface area contributed by atoms with Crippen LogP contribution in [-0.2, 0) is 4.74 Å². The fourth-order valence-corrected chi connectivity index (χ4v) is 3.39. The van der Waals surface area contributed by atoms with Gasteiger partial charge in [0.2, 0.25) is 0 Å². The van der Waals surface area contributed by atoms with Gasteiger partial charge in [0.15, 0.2) is 0 Å². The Labute approximate surface area is 116 Å². The standard InChI is InChI=1S/C19H12O/c1-2-4-13-12(3-1)5-6-15-14(13)7-8-16-17-9-10-20-19(17)11-18(15)16/h1-9,11H,10H2. The van der Waals surface area contributed by atoms with Gasteiger partial charge in [0.05, 0.1) is 0 Å². The van der Waals surface area contributed by atoms with Crippen molar-refractivity contribution in [2.75, 3.05) is 6.61 Å². The summed E-state index contributed by atoms with van der Waals surface area (Å²) in [5.41, 5.74) is 3.87. The Morgan fingerprint density at radius 3 is 2.70 bits per heavy atom. The van der Waals surface area contributed by atoms with Gasteiger partial charge in [0, 0.05) is 5.57 Å². The minimum atomic E-state index is 0.705. The van der Waals surface area contributed by atoms with E-state index in [1.54, 1.807) is 0 Å². The highest BCUT2D eigenvalue weighted by Gasteiger charge is 2.25. The van der Waals surface area contributed by atoms with Crippen LogP contribution in [0.3, 0.4) is 0 Å². The van der Waals surface area contributed by atoms with Gasteiger partial charge in [-0.1, -0.05) is 48.5 Å². The van der Waals surface area contributed by atoms with E-state index in [1.807, 2.05) is 0 Å². The van der Waals surface area contributed by atoms with Gasteiger partial charge in [0.1, 0.15) is 12.4 Å². The molecule has 20 heavy (non-hydrogen) atoms. The third kappa shape index (κ3) is 1.17. The zero-order chi connectivity index (χ0) is 13.1. The van der Waals surface area contributed by atoms with Crippen molar-refractivity contribution in [1.82, 2.24) is 0 Å². The van der Waals surface area contributed by atoms with Gasteiger partial charge < -0.3 is 4.74 Å². The predicted octanol–water partition coefficient (Wildman–Crippen LogP) is 4.76. The number of rotatable bonds is 0. The first-order valence-corrected chi connectivity index (χ1v) is 6.92. The van der Waals surface area contributed by atoms with E-state index >= 15 is 0 Å². The van der Waals surface area contributed by atoms with Gasteiger partial charge in [-0.05, 0) is 44.8 Å². The highest BCUT2D eigenvalue weighted by atomic mass is 16.5. The second-order valence-electron chi connectivity index (χ2n) is 5.35. The molecule has 2 aliphatic rings. The molecule has 0 spiro atoms. The van der Waals surface area contributed by atoms with Gasteiger partial charge >= 0.3 is 0 Å². The molecule has 0 N–H and O–H groups in total. The van der Waals surface area contributed by atoms with Crippen LogP contribution < -0.4 is 0 Å². The Balaban J connectivity index is 1.95. The monoisotopic (exact) mass is 256 g/mol. The maximum Gasteiger partial charge on any atom is 0.128 e. The third-order valence-electron chi connectivity index (χ3n) is 4.33. The summed E-state index contributed by atoms with van der Waals surface area (Å²) >= 11 is 0. The summed E-state index contributed by atoms with van der Waals surface area (Å²) in [6.45, 7) is 0.705. The van der Waals surface area contributed by atoms with E-state index in [0.29, 0.717) is 6.61 Å². The van der Waals surface area contributed by atoms with E-state index in [9.17, 15) is 0 Å². The summed E-state index contributed by atoms with van der Waals surface area (Å²) in [5, 5.41) is 5.24. The summed E-state index contributed by atoms with van der Waals surface area (Å²) in [4.78, 5) is 0. The summed E-state index contributed by atoms with van der Waals surface area (Å²) in [5.74, 6) is 1.03. The van der Waals surface area contributed by atoms with Crippen LogP contribution in [0, 0.1) is 0 Å². The maximum absolute atomic E-state index is 5.66. The average molecular weight is 256 g/mol. The van der Waals surface area contributed by atoms with E-state index in [2.05, 4.69) is 60.7 Å². The Morgan fingerprint density at radius 2 is 1.70 bits per heavy atom. The molecule has 1 aliphatic heterocycles. The van der Waals surface area contributed by atoms with Crippen molar-refractivity contribution in [2.24, 2.45) is 0 Å². The van der Waals surface area contributed by atoms with Gasteiger partial charge in [0.25, 0.3) is 0 Å². The summed E-state index contributed by atoms with van der Waals surface area (Å²) < 4.78 is 5.66. The van der Waals surface area contributed by atoms with Crippen LogP contribution in [0.5, 0.6) is 0 Å². The van der Waals surface area contributed by atoms with Crippen molar-refractivity contribution in [3.63, 3.8) is 0 Å². The van der Waals surface area contributed by atoms with Gasteiger partial charge in [-0.3, -0.25) is 0 Å². The highest BCUT2D eigenvalue weighted by Crippen LogP contribution is 2.43. The van der Waals surface area contributed by atoms with Gasteiger partial charge in [-0.25, -0.2) is 0 Å². The summed E-state index contributed by atoms with van der Waals surface area (Å²) in [7, 11) is 0. The number of hydrogen-bond acceptors (Lipinski definition) is 1. The normalized spacial score (nSPS) is 15.8. The second-order valence-corrected chi connectivity index (χ2v) is 5.35. The smallest absolute Gasteiger partial charge is 0.128 e. The fourth-order valence-electron chi connectivity index (χ4n) is 3.39. The topological polar surface area (TPSA) is 9.23 Å². The van der Waals surface area contributed by atoms with Crippen molar-refractivity contribution < 1.29 is 4.74 Å². The lowest BCUT2D eigenvalue weighted by molar-refractivity contribution is 0.284. The Morgan fingerprint density at radius 1 is 0.800 bits per heavy atom. The van der Waals surface area contributed by atoms with E-state index in [1.165, 1.54) is 38.2 Å². The minimum Gasteiger partial charge on any atom is -0.489 e. The molecule has 0 amide bonds. The molecule has 94 valence electrons. The van der Waals surface area contributed by atoms with Crippen LogP contribution in [0.1, 0.15) is 11.1 Å². The molecule has 0 aromatic heterocycles. The number of hydrogen-bond donors (Lipinski definition) is 0. The van der Waals surface area contributed by atoms with Crippen molar-refractivity contribution in [1.29, 1.82) is 0 Å². The first-order valence-electron chi connectivity index (χ1n) is 6.92. The molecule has 3 aromatic rings. The minimum absolute atomic E-state index is 0.705. The lowest BCUT2D eigenvalue weighted by Gasteiger charge is -2.08. The molecule has 0 saturated carbocycles. The van der Waals surface area contributed by atoms with E-state index in [4.69, 9.17) is 4.74 Å². The van der Waals surface area contributed by atoms with E-state index in [0.717, 1.165) is 5.76 Å². The molecular formula is C19H12O. The summed E-state index contributed by atoms with van der Waals surface area (Å²) in [6.07, 6.45) is 4.36. The van der Waals surface area contributed by atoms with Crippen LogP contribution in [0.25, 0.3) is 33.2 Å². The number of ether oxygens (including phenoxy) is 1. The number of fused-ring (bicyclic) bond motifs is 7. The van der Waals surface area contributed by atoms with Crippen LogP contribution >= 0.6 is 0 Å². The molecule has 0 atom stereocenters. The Bertz CT molecular complexity index is 945. The van der Waals surface area contributed by atoms with Crippen LogP contribution in [0.2, 0.25) is 0 Å². The first-order chi connectivity index (χ1) is 9.92. The molecule has 1 heterocycles.